The van der Waals surface area contributed by atoms with Crippen molar-refractivity contribution < 1.29 is 23.8 Å². The van der Waals surface area contributed by atoms with Crippen molar-refractivity contribution in [2.24, 2.45) is 5.41 Å². The monoisotopic (exact) mass is 440 g/mol. The molecular weight excluding hydrogens is 408 g/mol. The molecule has 0 radical (unpaired) electrons. The molecule has 0 aromatic heterocycles. The number of hydrogen-bond donors (Lipinski definition) is 1. The lowest BCUT2D eigenvalue weighted by atomic mass is 9.80. The minimum absolute atomic E-state index is 0.00346. The molecule has 1 heterocycles. The second-order valence-corrected chi connectivity index (χ2v) is 8.38. The molecule has 1 fully saturated rings. The number of methoxy groups -OCH3 is 3. The van der Waals surface area contributed by atoms with Crippen LogP contribution in [0.25, 0.3) is 0 Å². The molecule has 172 valence electrons. The highest BCUT2D eigenvalue weighted by atomic mass is 16.5. The van der Waals surface area contributed by atoms with Crippen molar-refractivity contribution in [3.8, 4) is 17.2 Å². The highest BCUT2D eigenvalue weighted by molar-refractivity contribution is 5.85. The van der Waals surface area contributed by atoms with Crippen LogP contribution in [-0.4, -0.2) is 51.1 Å². The predicted octanol–water partition coefficient (Wildman–Crippen LogP) is 3.20. The van der Waals surface area contributed by atoms with Gasteiger partial charge in [-0.05, 0) is 55.2 Å². The minimum Gasteiger partial charge on any atom is -0.497 e. The average Bonchev–Trinajstić information content (AvgIpc) is 2.82. The van der Waals surface area contributed by atoms with E-state index >= 15 is 0 Å². The maximum absolute atomic E-state index is 13.0. The van der Waals surface area contributed by atoms with Crippen molar-refractivity contribution >= 4 is 11.8 Å². The topological polar surface area (TPSA) is 77.1 Å². The van der Waals surface area contributed by atoms with E-state index in [1.165, 1.54) is 0 Å². The van der Waals surface area contributed by atoms with Gasteiger partial charge in [-0.3, -0.25) is 9.59 Å². The molecule has 0 saturated carbocycles. The lowest BCUT2D eigenvalue weighted by Gasteiger charge is -2.39. The maximum Gasteiger partial charge on any atom is 0.227 e. The number of ether oxygens (including phenoxy) is 3. The molecule has 0 spiro atoms. The van der Waals surface area contributed by atoms with Gasteiger partial charge in [-0.25, -0.2) is 0 Å². The zero-order chi connectivity index (χ0) is 23.1. The van der Waals surface area contributed by atoms with Crippen LogP contribution < -0.4 is 19.5 Å². The number of carbonyl (C=O) groups excluding carboxylic acids is 2. The average molecular weight is 441 g/mol. The summed E-state index contributed by atoms with van der Waals surface area (Å²) in [6, 6.07) is 13.1. The molecule has 0 aliphatic carbocycles. The van der Waals surface area contributed by atoms with Gasteiger partial charge in [0, 0.05) is 19.6 Å². The van der Waals surface area contributed by atoms with Crippen molar-refractivity contribution in [1.82, 2.24) is 10.2 Å². The fraction of sp³-hybridized carbons (Fsp3) is 0.440. The van der Waals surface area contributed by atoms with Crippen LogP contribution >= 0.6 is 0 Å². The highest BCUT2D eigenvalue weighted by Gasteiger charge is 2.39. The standard InChI is InChI=1S/C25H32N2O5/c1-25(24(29)26-16-19-7-5-8-20(13-19)30-2)11-6-12-27(17-25)23(28)15-18-9-10-21(31-3)22(14-18)32-4/h5,7-10,13-14H,6,11-12,15-17H2,1-4H3,(H,26,29)/t25-/m0/s1. The SMILES string of the molecule is COc1cccc(CNC(=O)[C@@]2(C)CCCN(C(=O)Cc3ccc(OC)c(OC)c3)C2)c1. The first-order valence-electron chi connectivity index (χ1n) is 10.8. The molecular formula is C25H32N2O5. The van der Waals surface area contributed by atoms with Crippen molar-refractivity contribution in [3.05, 3.63) is 53.6 Å². The third-order valence-electron chi connectivity index (χ3n) is 5.99. The number of carbonyl (C=O) groups is 2. The van der Waals surface area contributed by atoms with Gasteiger partial charge >= 0.3 is 0 Å². The summed E-state index contributed by atoms with van der Waals surface area (Å²) in [6.07, 6.45) is 1.79. The molecule has 2 aromatic carbocycles. The Labute approximate surface area is 189 Å². The zero-order valence-corrected chi connectivity index (χ0v) is 19.3. The van der Waals surface area contributed by atoms with Crippen LogP contribution in [0, 0.1) is 5.41 Å². The highest BCUT2D eigenvalue weighted by Crippen LogP contribution is 2.31. The summed E-state index contributed by atoms with van der Waals surface area (Å²) in [5.41, 5.74) is 1.20. The Kier molecular flexibility index (Phi) is 7.62. The van der Waals surface area contributed by atoms with Gasteiger partial charge in [0.25, 0.3) is 0 Å². The second-order valence-electron chi connectivity index (χ2n) is 8.38. The van der Waals surface area contributed by atoms with Gasteiger partial charge in [-0.15, -0.1) is 0 Å². The van der Waals surface area contributed by atoms with E-state index in [1.54, 1.807) is 32.3 Å². The third-order valence-corrected chi connectivity index (χ3v) is 5.99. The van der Waals surface area contributed by atoms with Gasteiger partial charge in [0.15, 0.2) is 11.5 Å². The van der Waals surface area contributed by atoms with Crippen molar-refractivity contribution in [2.75, 3.05) is 34.4 Å². The molecule has 1 aliphatic heterocycles. The molecule has 1 aliphatic rings. The number of rotatable bonds is 8. The van der Waals surface area contributed by atoms with Gasteiger partial charge in [0.2, 0.25) is 11.8 Å². The van der Waals surface area contributed by atoms with E-state index in [-0.39, 0.29) is 18.2 Å². The van der Waals surface area contributed by atoms with E-state index < -0.39 is 5.41 Å². The zero-order valence-electron chi connectivity index (χ0n) is 19.3. The quantitative estimate of drug-likeness (QED) is 0.682. The molecule has 3 rings (SSSR count). The van der Waals surface area contributed by atoms with Crippen LogP contribution in [0.2, 0.25) is 0 Å². The van der Waals surface area contributed by atoms with Gasteiger partial charge < -0.3 is 24.4 Å². The molecule has 2 aromatic rings. The van der Waals surface area contributed by atoms with Gasteiger partial charge in [-0.1, -0.05) is 18.2 Å². The summed E-state index contributed by atoms with van der Waals surface area (Å²) in [7, 11) is 4.77. The lowest BCUT2D eigenvalue weighted by Crippen LogP contribution is -2.52. The second kappa shape index (κ2) is 10.4. The Morgan fingerprint density at radius 2 is 1.78 bits per heavy atom. The molecule has 7 nitrogen and oxygen atoms in total. The molecule has 32 heavy (non-hydrogen) atoms. The lowest BCUT2D eigenvalue weighted by molar-refractivity contribution is -0.140. The van der Waals surface area contributed by atoms with Gasteiger partial charge in [-0.2, -0.15) is 0 Å². The van der Waals surface area contributed by atoms with Gasteiger partial charge in [0.05, 0.1) is 33.2 Å². The van der Waals surface area contributed by atoms with Crippen LogP contribution in [0.3, 0.4) is 0 Å². The van der Waals surface area contributed by atoms with Crippen molar-refractivity contribution in [1.29, 1.82) is 0 Å². The molecule has 7 heteroatoms. The van der Waals surface area contributed by atoms with E-state index in [1.807, 2.05) is 43.3 Å². The number of likely N-dealkylation sites (tertiary alicyclic amines) is 1. The first-order valence-corrected chi connectivity index (χ1v) is 10.8. The van der Waals surface area contributed by atoms with Crippen molar-refractivity contribution in [3.63, 3.8) is 0 Å². The Balaban J connectivity index is 1.61. The Hall–Kier alpha value is -3.22. The molecule has 0 unspecified atom stereocenters. The maximum atomic E-state index is 13.0. The minimum atomic E-state index is -0.621. The fourth-order valence-electron chi connectivity index (χ4n) is 4.09. The number of nitrogens with zero attached hydrogens (tertiary/aromatic N) is 1. The molecule has 1 saturated heterocycles. The van der Waals surface area contributed by atoms with Crippen LogP contribution in [-0.2, 0) is 22.6 Å². The van der Waals surface area contributed by atoms with E-state index in [2.05, 4.69) is 5.32 Å². The molecule has 1 N–H and O–H groups in total. The van der Waals surface area contributed by atoms with Crippen LogP contribution in [0.1, 0.15) is 30.9 Å². The summed E-state index contributed by atoms with van der Waals surface area (Å²) in [6.45, 7) is 3.42. The number of hydrogen-bond acceptors (Lipinski definition) is 5. The van der Waals surface area contributed by atoms with Crippen LogP contribution in [0.15, 0.2) is 42.5 Å². The summed E-state index contributed by atoms with van der Waals surface area (Å²) in [5.74, 6) is 1.94. The van der Waals surface area contributed by atoms with E-state index in [0.717, 1.165) is 29.7 Å². The first kappa shape index (κ1) is 23.4. The predicted molar refractivity (Wildman–Crippen MR) is 122 cm³/mol. The van der Waals surface area contributed by atoms with Crippen LogP contribution in [0.5, 0.6) is 17.2 Å². The summed E-state index contributed by atoms with van der Waals surface area (Å²) in [4.78, 5) is 27.8. The Bertz CT molecular complexity index is 961. The van der Waals surface area contributed by atoms with Crippen LogP contribution in [0.4, 0.5) is 0 Å². The molecule has 0 bridgehead atoms. The summed E-state index contributed by atoms with van der Waals surface area (Å²) >= 11 is 0. The van der Waals surface area contributed by atoms with Crippen molar-refractivity contribution in [2.45, 2.75) is 32.7 Å². The summed E-state index contributed by atoms with van der Waals surface area (Å²) in [5, 5.41) is 3.03. The largest absolute Gasteiger partial charge is 0.497 e. The normalized spacial score (nSPS) is 18.1. The third kappa shape index (κ3) is 5.52. The molecule has 2 amide bonds. The number of nitrogens with one attached hydrogen (secondary N) is 1. The van der Waals surface area contributed by atoms with Gasteiger partial charge in [0.1, 0.15) is 5.75 Å². The first-order chi connectivity index (χ1) is 15.4. The number of piperidine rings is 1. The number of benzene rings is 2. The summed E-state index contributed by atoms with van der Waals surface area (Å²) < 4.78 is 15.8. The van der Waals surface area contributed by atoms with E-state index in [0.29, 0.717) is 31.1 Å². The number of amides is 2. The Morgan fingerprint density at radius 1 is 1.00 bits per heavy atom. The smallest absolute Gasteiger partial charge is 0.227 e. The fourth-order valence-corrected chi connectivity index (χ4v) is 4.09. The Morgan fingerprint density at radius 3 is 2.50 bits per heavy atom. The molecule has 1 atom stereocenters. The van der Waals surface area contributed by atoms with E-state index in [4.69, 9.17) is 14.2 Å². The van der Waals surface area contributed by atoms with E-state index in [9.17, 15) is 9.59 Å².